The van der Waals surface area contributed by atoms with Gasteiger partial charge in [-0.05, 0) is 38.5 Å². The fourth-order valence-corrected chi connectivity index (χ4v) is 2.17. The van der Waals surface area contributed by atoms with Crippen molar-refractivity contribution in [3.63, 3.8) is 0 Å². The van der Waals surface area contributed by atoms with Crippen LogP contribution >= 0.6 is 15.9 Å². The van der Waals surface area contributed by atoms with E-state index in [2.05, 4.69) is 58.2 Å². The lowest BCUT2D eigenvalue weighted by atomic mass is 10.2. The monoisotopic (exact) mass is 308 g/mol. The van der Waals surface area contributed by atoms with E-state index in [0.29, 0.717) is 12.6 Å². The molecule has 0 saturated heterocycles. The quantitative estimate of drug-likeness (QED) is 0.939. The minimum atomic E-state index is 0.327. The lowest BCUT2D eigenvalue weighted by molar-refractivity contribution is 0.509. The number of hydrogen-bond acceptors (Lipinski definition) is 3. The molecule has 18 heavy (non-hydrogen) atoms. The van der Waals surface area contributed by atoms with Gasteiger partial charge >= 0.3 is 0 Å². The van der Waals surface area contributed by atoms with Gasteiger partial charge in [0.1, 0.15) is 12.2 Å². The fourth-order valence-electron chi connectivity index (χ4n) is 1.81. The van der Waals surface area contributed by atoms with Gasteiger partial charge in [-0.3, -0.25) is 0 Å². The Hall–Kier alpha value is -1.36. The van der Waals surface area contributed by atoms with Gasteiger partial charge in [-0.15, -0.1) is 0 Å². The molecule has 0 amide bonds. The van der Waals surface area contributed by atoms with Crippen molar-refractivity contribution in [2.24, 2.45) is 0 Å². The Bertz CT molecular complexity index is 534. The van der Waals surface area contributed by atoms with Gasteiger partial charge in [0.05, 0.1) is 6.54 Å². The van der Waals surface area contributed by atoms with Crippen LogP contribution < -0.4 is 5.32 Å². The summed E-state index contributed by atoms with van der Waals surface area (Å²) in [6.07, 6.45) is 1.60. The lowest BCUT2D eigenvalue weighted by Crippen LogP contribution is -2.12. The van der Waals surface area contributed by atoms with Crippen LogP contribution in [-0.2, 0) is 6.54 Å². The summed E-state index contributed by atoms with van der Waals surface area (Å²) in [7, 11) is 0. The first-order chi connectivity index (χ1) is 8.59. The molecule has 1 aromatic carbocycles. The minimum Gasteiger partial charge on any atom is -0.378 e. The van der Waals surface area contributed by atoms with Crippen molar-refractivity contribution < 1.29 is 0 Å². The Kier molecular flexibility index (Phi) is 4.01. The molecule has 1 heterocycles. The lowest BCUT2D eigenvalue weighted by Gasteiger charge is -2.12. The van der Waals surface area contributed by atoms with Crippen LogP contribution in [0.3, 0.4) is 0 Å². The normalized spacial score (nSPS) is 10.9. The summed E-state index contributed by atoms with van der Waals surface area (Å²) in [6.45, 7) is 6.96. The average molecular weight is 309 g/mol. The smallest absolute Gasteiger partial charge is 0.146 e. The van der Waals surface area contributed by atoms with E-state index in [0.717, 1.165) is 16.0 Å². The van der Waals surface area contributed by atoms with Gasteiger partial charge in [0.25, 0.3) is 0 Å². The zero-order chi connectivity index (χ0) is 13.1. The number of hydrogen-bond donors (Lipinski definition) is 1. The molecule has 0 saturated carbocycles. The molecule has 0 fully saturated rings. The van der Waals surface area contributed by atoms with Crippen molar-refractivity contribution in [2.45, 2.75) is 33.4 Å². The number of anilines is 1. The van der Waals surface area contributed by atoms with E-state index in [4.69, 9.17) is 0 Å². The Morgan fingerprint density at radius 2 is 2.17 bits per heavy atom. The van der Waals surface area contributed by atoms with E-state index in [1.165, 1.54) is 5.56 Å². The molecule has 0 radical (unpaired) electrons. The van der Waals surface area contributed by atoms with Crippen LogP contribution in [0.4, 0.5) is 5.69 Å². The molecule has 5 heteroatoms. The Morgan fingerprint density at radius 1 is 1.39 bits per heavy atom. The number of nitrogens with one attached hydrogen (secondary N) is 1. The molecule has 0 aliphatic heterocycles. The largest absolute Gasteiger partial charge is 0.378 e. The van der Waals surface area contributed by atoms with Crippen LogP contribution in [0, 0.1) is 6.92 Å². The molecule has 2 aromatic rings. The van der Waals surface area contributed by atoms with Gasteiger partial charge in [-0.1, -0.05) is 22.0 Å². The van der Waals surface area contributed by atoms with Gasteiger partial charge in [0.15, 0.2) is 0 Å². The summed E-state index contributed by atoms with van der Waals surface area (Å²) in [6, 6.07) is 6.45. The Balaban J connectivity index is 2.12. The Morgan fingerprint density at radius 3 is 2.89 bits per heavy atom. The third-order valence-corrected chi connectivity index (χ3v) is 3.70. The highest BCUT2D eigenvalue weighted by Crippen LogP contribution is 2.23. The highest BCUT2D eigenvalue weighted by atomic mass is 79.9. The van der Waals surface area contributed by atoms with Gasteiger partial charge in [-0.2, -0.15) is 5.10 Å². The first-order valence-electron chi connectivity index (χ1n) is 5.97. The first kappa shape index (κ1) is 13.1. The van der Waals surface area contributed by atoms with E-state index >= 15 is 0 Å². The number of benzene rings is 1. The third-order valence-electron chi connectivity index (χ3n) is 2.84. The van der Waals surface area contributed by atoms with Crippen LogP contribution in [0.2, 0.25) is 0 Å². The van der Waals surface area contributed by atoms with Gasteiger partial charge < -0.3 is 5.32 Å². The second kappa shape index (κ2) is 5.52. The zero-order valence-corrected chi connectivity index (χ0v) is 12.4. The fraction of sp³-hybridized carbons (Fsp3) is 0.385. The van der Waals surface area contributed by atoms with E-state index in [9.17, 15) is 0 Å². The molecular weight excluding hydrogens is 292 g/mol. The maximum atomic E-state index is 4.28. The SMILES string of the molecule is Cc1c(Br)cccc1NCc1ncnn1C(C)C. The summed E-state index contributed by atoms with van der Waals surface area (Å²) in [5, 5.41) is 7.62. The number of rotatable bonds is 4. The van der Waals surface area contributed by atoms with Crippen molar-refractivity contribution in [1.29, 1.82) is 0 Å². The second-order valence-corrected chi connectivity index (χ2v) is 5.33. The topological polar surface area (TPSA) is 42.7 Å². The van der Waals surface area contributed by atoms with Crippen molar-refractivity contribution in [1.82, 2.24) is 14.8 Å². The highest BCUT2D eigenvalue weighted by Gasteiger charge is 2.08. The number of nitrogens with zero attached hydrogens (tertiary/aromatic N) is 3. The van der Waals surface area contributed by atoms with E-state index in [1.807, 2.05) is 16.8 Å². The second-order valence-electron chi connectivity index (χ2n) is 4.48. The molecule has 0 unspecified atom stereocenters. The van der Waals surface area contributed by atoms with E-state index < -0.39 is 0 Å². The Labute approximate surface area is 116 Å². The summed E-state index contributed by atoms with van der Waals surface area (Å²) in [4.78, 5) is 4.28. The molecule has 0 spiro atoms. The molecule has 1 N–H and O–H groups in total. The first-order valence-corrected chi connectivity index (χ1v) is 6.76. The highest BCUT2D eigenvalue weighted by molar-refractivity contribution is 9.10. The summed E-state index contributed by atoms with van der Waals surface area (Å²) in [5.41, 5.74) is 2.32. The predicted octanol–water partition coefficient (Wildman–Crippen LogP) is 3.54. The van der Waals surface area contributed by atoms with Crippen LogP contribution in [0.15, 0.2) is 29.0 Å². The predicted molar refractivity (Wildman–Crippen MR) is 76.6 cm³/mol. The van der Waals surface area contributed by atoms with E-state index in [-0.39, 0.29) is 0 Å². The molecule has 0 aliphatic carbocycles. The minimum absolute atomic E-state index is 0.327. The zero-order valence-electron chi connectivity index (χ0n) is 10.8. The maximum Gasteiger partial charge on any atom is 0.146 e. The van der Waals surface area contributed by atoms with Crippen molar-refractivity contribution in [3.05, 3.63) is 40.4 Å². The summed E-state index contributed by atoms with van der Waals surface area (Å²) >= 11 is 3.53. The van der Waals surface area contributed by atoms with Crippen LogP contribution in [0.1, 0.15) is 31.3 Å². The van der Waals surface area contributed by atoms with Crippen LogP contribution in [0.5, 0.6) is 0 Å². The van der Waals surface area contributed by atoms with Crippen LogP contribution in [0.25, 0.3) is 0 Å². The maximum absolute atomic E-state index is 4.28. The van der Waals surface area contributed by atoms with Gasteiger partial charge in [0, 0.05) is 16.2 Å². The summed E-state index contributed by atoms with van der Waals surface area (Å²) < 4.78 is 3.04. The molecule has 0 aliphatic rings. The number of halogens is 1. The molecule has 4 nitrogen and oxygen atoms in total. The molecule has 0 bridgehead atoms. The molecule has 1 aromatic heterocycles. The molecule has 96 valence electrons. The molecular formula is C13H17BrN4. The average Bonchev–Trinajstić information content (AvgIpc) is 2.79. The number of aromatic nitrogens is 3. The third kappa shape index (κ3) is 2.72. The van der Waals surface area contributed by atoms with Crippen molar-refractivity contribution in [3.8, 4) is 0 Å². The van der Waals surface area contributed by atoms with Gasteiger partial charge in [-0.25, -0.2) is 9.67 Å². The van der Waals surface area contributed by atoms with Gasteiger partial charge in [0.2, 0.25) is 0 Å². The molecule has 2 rings (SSSR count). The van der Waals surface area contributed by atoms with Crippen molar-refractivity contribution in [2.75, 3.05) is 5.32 Å². The van der Waals surface area contributed by atoms with Crippen molar-refractivity contribution >= 4 is 21.6 Å². The van der Waals surface area contributed by atoms with E-state index in [1.54, 1.807) is 6.33 Å². The van der Waals surface area contributed by atoms with Crippen LogP contribution in [-0.4, -0.2) is 14.8 Å². The summed E-state index contributed by atoms with van der Waals surface area (Å²) in [5.74, 6) is 0.948. The standard InChI is InChI=1S/C13H17BrN4/c1-9(2)18-13(16-8-17-18)7-15-12-6-4-5-11(14)10(12)3/h4-6,8-9,15H,7H2,1-3H3. The molecule has 0 atom stereocenters.